The summed E-state index contributed by atoms with van der Waals surface area (Å²) in [6.45, 7) is 3.28. The molecule has 3 aliphatic rings. The quantitative estimate of drug-likeness (QED) is 0.484. The van der Waals surface area contributed by atoms with Crippen LogP contribution in [0.15, 0.2) is 72.8 Å². The van der Waals surface area contributed by atoms with Gasteiger partial charge in [-0.2, -0.15) is 0 Å². The summed E-state index contributed by atoms with van der Waals surface area (Å²) in [6.07, 6.45) is 0.0908. The summed E-state index contributed by atoms with van der Waals surface area (Å²) in [5.74, 6) is -3.02. The highest BCUT2D eigenvalue weighted by Crippen LogP contribution is 2.32. The predicted molar refractivity (Wildman–Crippen MR) is 145 cm³/mol. The number of hydrogen-bond donors (Lipinski definition) is 1. The van der Waals surface area contributed by atoms with Crippen molar-refractivity contribution < 1.29 is 23.6 Å². The van der Waals surface area contributed by atoms with Gasteiger partial charge < -0.3 is 0 Å². The first-order chi connectivity index (χ1) is 19.4. The number of carbonyl (C=O) groups excluding carboxylic acids is 4. The van der Waals surface area contributed by atoms with Crippen LogP contribution >= 0.6 is 0 Å². The van der Waals surface area contributed by atoms with E-state index in [-0.39, 0.29) is 30.0 Å². The number of benzene rings is 3. The zero-order valence-corrected chi connectivity index (χ0v) is 21.9. The van der Waals surface area contributed by atoms with Crippen molar-refractivity contribution in [1.82, 2.24) is 20.0 Å². The number of imide groups is 2. The molecule has 40 heavy (non-hydrogen) atoms. The van der Waals surface area contributed by atoms with E-state index in [9.17, 15) is 19.2 Å². The molecule has 1 atom stereocenters. The third-order valence-electron chi connectivity index (χ3n) is 8.00. The second kappa shape index (κ2) is 10.7. The van der Waals surface area contributed by atoms with Crippen LogP contribution in [0.4, 0.5) is 4.39 Å². The predicted octanol–water partition coefficient (Wildman–Crippen LogP) is 3.13. The van der Waals surface area contributed by atoms with Crippen molar-refractivity contribution in [1.29, 1.82) is 0 Å². The van der Waals surface area contributed by atoms with Gasteiger partial charge in [0.2, 0.25) is 11.8 Å². The first-order valence-electron chi connectivity index (χ1n) is 13.5. The highest BCUT2D eigenvalue weighted by molar-refractivity contribution is 6.23. The summed E-state index contributed by atoms with van der Waals surface area (Å²) in [6, 6.07) is 22.4. The number of nitrogens with zero attached hydrogens (tertiary/aromatic N) is 3. The lowest BCUT2D eigenvalue weighted by Gasteiger charge is -2.40. The second-order valence-corrected chi connectivity index (χ2v) is 10.5. The molecule has 1 N–H and O–H groups in total. The van der Waals surface area contributed by atoms with Crippen molar-refractivity contribution in [3.63, 3.8) is 0 Å². The molecule has 1 unspecified atom stereocenters. The molecule has 0 spiro atoms. The Kier molecular flexibility index (Phi) is 7.00. The Labute approximate surface area is 231 Å². The van der Waals surface area contributed by atoms with Crippen molar-refractivity contribution in [3.8, 4) is 0 Å². The van der Waals surface area contributed by atoms with Gasteiger partial charge in [0.15, 0.2) is 0 Å². The number of fused-ring (bicyclic) bond motifs is 1. The number of amides is 4. The van der Waals surface area contributed by atoms with Crippen LogP contribution in [0, 0.1) is 5.82 Å². The number of hydrogen-bond acceptors (Lipinski definition) is 6. The fraction of sp³-hybridized carbons (Fsp3) is 0.290. The maximum Gasteiger partial charge on any atom is 0.262 e. The van der Waals surface area contributed by atoms with Gasteiger partial charge >= 0.3 is 0 Å². The van der Waals surface area contributed by atoms with Gasteiger partial charge in [-0.05, 0) is 29.7 Å². The van der Waals surface area contributed by atoms with Crippen molar-refractivity contribution >= 4 is 23.6 Å². The van der Waals surface area contributed by atoms with Crippen molar-refractivity contribution in [3.05, 3.63) is 106 Å². The van der Waals surface area contributed by atoms with E-state index in [2.05, 4.69) is 39.4 Å². The van der Waals surface area contributed by atoms with E-state index in [0.29, 0.717) is 25.2 Å². The van der Waals surface area contributed by atoms with Gasteiger partial charge in [0.05, 0.1) is 17.2 Å². The average Bonchev–Trinajstić information content (AvgIpc) is 3.20. The Morgan fingerprint density at radius 1 is 0.800 bits per heavy atom. The van der Waals surface area contributed by atoms with E-state index >= 15 is 4.39 Å². The van der Waals surface area contributed by atoms with Gasteiger partial charge in [-0.1, -0.05) is 60.7 Å². The van der Waals surface area contributed by atoms with Crippen molar-refractivity contribution in [2.75, 3.05) is 26.2 Å². The van der Waals surface area contributed by atoms with E-state index in [1.165, 1.54) is 17.2 Å². The number of piperazine rings is 1. The van der Waals surface area contributed by atoms with Gasteiger partial charge in [-0.15, -0.1) is 0 Å². The fourth-order valence-electron chi connectivity index (χ4n) is 5.96. The highest BCUT2D eigenvalue weighted by Gasteiger charge is 2.45. The lowest BCUT2D eigenvalue weighted by atomic mass is 9.96. The van der Waals surface area contributed by atoms with Crippen molar-refractivity contribution in [2.45, 2.75) is 31.5 Å². The Balaban J connectivity index is 1.16. The molecule has 0 aliphatic carbocycles. The number of nitrogens with one attached hydrogen (secondary N) is 1. The Hall–Kier alpha value is -4.21. The number of carbonyl (C=O) groups is 4. The summed E-state index contributed by atoms with van der Waals surface area (Å²) in [5.41, 5.74) is 2.82. The minimum absolute atomic E-state index is 0.0325. The lowest BCUT2D eigenvalue weighted by Crippen LogP contribution is -2.54. The summed E-state index contributed by atoms with van der Waals surface area (Å²) >= 11 is 0. The van der Waals surface area contributed by atoms with Gasteiger partial charge in [-0.25, -0.2) is 4.39 Å². The molecule has 3 aromatic rings. The smallest absolute Gasteiger partial charge is 0.262 e. The lowest BCUT2D eigenvalue weighted by molar-refractivity contribution is -0.136. The molecule has 8 nitrogen and oxygen atoms in total. The normalized spacial score (nSPS) is 20.2. The first kappa shape index (κ1) is 26.0. The van der Waals surface area contributed by atoms with Crippen LogP contribution < -0.4 is 5.32 Å². The van der Waals surface area contributed by atoms with Crippen LogP contribution in [0.3, 0.4) is 0 Å². The molecule has 6 rings (SSSR count). The largest absolute Gasteiger partial charge is 0.296 e. The van der Waals surface area contributed by atoms with E-state index in [1.54, 1.807) is 0 Å². The summed E-state index contributed by atoms with van der Waals surface area (Å²) < 4.78 is 15.2. The molecular weight excluding hydrogens is 511 g/mol. The molecule has 3 aliphatic heterocycles. The van der Waals surface area contributed by atoms with Crippen LogP contribution in [0.1, 0.15) is 56.3 Å². The fourth-order valence-corrected chi connectivity index (χ4v) is 5.96. The second-order valence-electron chi connectivity index (χ2n) is 10.5. The molecule has 0 saturated carbocycles. The molecule has 3 aromatic carbocycles. The van der Waals surface area contributed by atoms with Gasteiger partial charge in [0.1, 0.15) is 11.9 Å². The maximum atomic E-state index is 15.2. The number of halogens is 1. The molecule has 0 radical (unpaired) electrons. The minimum Gasteiger partial charge on any atom is -0.296 e. The Bertz CT molecular complexity index is 1430. The molecule has 4 amide bonds. The number of piperidine rings is 1. The van der Waals surface area contributed by atoms with Crippen LogP contribution in [0.2, 0.25) is 0 Å². The van der Waals surface area contributed by atoms with Crippen LogP contribution in [-0.4, -0.2) is 70.5 Å². The van der Waals surface area contributed by atoms with Gasteiger partial charge in [0.25, 0.3) is 11.8 Å². The Morgan fingerprint density at radius 2 is 1.38 bits per heavy atom. The molecule has 9 heteroatoms. The van der Waals surface area contributed by atoms with Gasteiger partial charge in [0, 0.05) is 44.7 Å². The number of rotatable bonds is 6. The van der Waals surface area contributed by atoms with Crippen LogP contribution in [0.5, 0.6) is 0 Å². The molecule has 0 bridgehead atoms. The molecule has 2 saturated heterocycles. The minimum atomic E-state index is -1.08. The van der Waals surface area contributed by atoms with E-state index in [4.69, 9.17) is 0 Å². The van der Waals surface area contributed by atoms with Crippen LogP contribution in [-0.2, 0) is 16.1 Å². The molecule has 0 aromatic heterocycles. The topological polar surface area (TPSA) is 90.0 Å². The SMILES string of the molecule is O=C1CCC(N2C(=O)c3cc(F)c(CN4CCN(C(c5ccccc5)c5ccccc5)CC4)cc3C2=O)C(=O)N1. The summed E-state index contributed by atoms with van der Waals surface area (Å²) in [7, 11) is 0. The van der Waals surface area contributed by atoms with Gasteiger partial charge in [-0.3, -0.25) is 39.2 Å². The third kappa shape index (κ3) is 4.82. The van der Waals surface area contributed by atoms with E-state index < -0.39 is 35.5 Å². The first-order valence-corrected chi connectivity index (χ1v) is 13.5. The third-order valence-corrected chi connectivity index (χ3v) is 8.00. The monoisotopic (exact) mass is 540 g/mol. The maximum absolute atomic E-state index is 15.2. The van der Waals surface area contributed by atoms with Crippen molar-refractivity contribution in [2.24, 2.45) is 0 Å². The highest BCUT2D eigenvalue weighted by atomic mass is 19.1. The summed E-state index contributed by atoms with van der Waals surface area (Å²) in [5, 5.41) is 2.17. The van der Waals surface area contributed by atoms with E-state index in [1.807, 2.05) is 36.4 Å². The van der Waals surface area contributed by atoms with Crippen LogP contribution in [0.25, 0.3) is 0 Å². The zero-order chi connectivity index (χ0) is 27.8. The standard InChI is InChI=1S/C31H29FN4O4/c32-25-18-24-23(30(39)36(31(24)40)26-11-12-27(37)33-29(26)38)17-22(25)19-34-13-15-35(16-14-34)28(20-7-3-1-4-8-20)21-9-5-2-6-10-21/h1-10,17-18,26,28H,11-16,19H2,(H,33,37,38). The molecular formula is C31H29FN4O4. The molecule has 2 fully saturated rings. The van der Waals surface area contributed by atoms with E-state index in [0.717, 1.165) is 24.1 Å². The molecule has 3 heterocycles. The summed E-state index contributed by atoms with van der Waals surface area (Å²) in [4.78, 5) is 55.4. The zero-order valence-electron chi connectivity index (χ0n) is 21.9. The Morgan fingerprint density at radius 3 is 1.95 bits per heavy atom. The molecule has 204 valence electrons. The average molecular weight is 541 g/mol.